The summed E-state index contributed by atoms with van der Waals surface area (Å²) in [5, 5.41) is 13.6. The highest BCUT2D eigenvalue weighted by molar-refractivity contribution is 8.18. The second kappa shape index (κ2) is 6.71. The van der Waals surface area contributed by atoms with Gasteiger partial charge in [-0.3, -0.25) is 4.79 Å². The molecule has 2 aromatic rings. The number of amidine groups is 1. The standard InChI is InChI=1S/C18H15ClN2O2S/c1-10-3-4-11(2)14(7-10)20-18-21-17(23)16(24-18)9-12-8-13(19)5-6-15(12)22/h3-9,22H,1-2H3,(H,20,21,23)/b16-9-. The van der Waals surface area contributed by atoms with Crippen LogP contribution in [0.2, 0.25) is 5.02 Å². The summed E-state index contributed by atoms with van der Waals surface area (Å²) >= 11 is 7.17. The predicted octanol–water partition coefficient (Wildman–Crippen LogP) is 4.55. The molecule has 2 aromatic carbocycles. The van der Waals surface area contributed by atoms with Crippen molar-refractivity contribution in [2.24, 2.45) is 4.99 Å². The van der Waals surface area contributed by atoms with E-state index in [0.29, 0.717) is 20.7 Å². The molecule has 0 atom stereocenters. The number of carbonyl (C=O) groups is 1. The van der Waals surface area contributed by atoms with Gasteiger partial charge < -0.3 is 10.4 Å². The fourth-order valence-corrected chi connectivity index (χ4v) is 3.22. The number of hydrogen-bond acceptors (Lipinski definition) is 4. The van der Waals surface area contributed by atoms with Crippen LogP contribution in [0, 0.1) is 13.8 Å². The van der Waals surface area contributed by atoms with Crippen molar-refractivity contribution in [3.63, 3.8) is 0 Å². The van der Waals surface area contributed by atoms with Crippen LogP contribution in [0.4, 0.5) is 5.69 Å². The van der Waals surface area contributed by atoms with Gasteiger partial charge in [-0.15, -0.1) is 0 Å². The van der Waals surface area contributed by atoms with Crippen molar-refractivity contribution in [2.75, 3.05) is 0 Å². The zero-order chi connectivity index (χ0) is 17.3. The fraction of sp³-hybridized carbons (Fsp3) is 0.111. The highest BCUT2D eigenvalue weighted by atomic mass is 35.5. The molecular formula is C18H15ClN2O2S. The van der Waals surface area contributed by atoms with Gasteiger partial charge in [0.1, 0.15) is 5.75 Å². The number of aliphatic imine (C=N–C) groups is 1. The number of rotatable bonds is 2. The predicted molar refractivity (Wildman–Crippen MR) is 99.8 cm³/mol. The minimum Gasteiger partial charge on any atom is -0.507 e. The molecule has 3 rings (SSSR count). The van der Waals surface area contributed by atoms with E-state index in [-0.39, 0.29) is 11.7 Å². The average Bonchev–Trinajstić information content (AvgIpc) is 2.86. The highest BCUT2D eigenvalue weighted by Gasteiger charge is 2.24. The monoisotopic (exact) mass is 358 g/mol. The van der Waals surface area contributed by atoms with Crippen LogP contribution in [-0.2, 0) is 4.79 Å². The van der Waals surface area contributed by atoms with Gasteiger partial charge in [-0.25, -0.2) is 4.99 Å². The van der Waals surface area contributed by atoms with Crippen molar-refractivity contribution >= 4 is 46.2 Å². The number of nitrogens with zero attached hydrogens (tertiary/aromatic N) is 1. The molecule has 1 amide bonds. The number of phenols is 1. The van der Waals surface area contributed by atoms with Crippen LogP contribution in [0.3, 0.4) is 0 Å². The molecule has 0 saturated carbocycles. The molecule has 1 aliphatic heterocycles. The fourth-order valence-electron chi connectivity index (χ4n) is 2.21. The van der Waals surface area contributed by atoms with Crippen LogP contribution in [-0.4, -0.2) is 16.2 Å². The van der Waals surface area contributed by atoms with E-state index in [1.54, 1.807) is 18.2 Å². The minimum absolute atomic E-state index is 0.0696. The van der Waals surface area contributed by atoms with E-state index in [1.165, 1.54) is 17.8 Å². The molecule has 1 aliphatic rings. The molecule has 0 bridgehead atoms. The Morgan fingerprint density at radius 1 is 1.21 bits per heavy atom. The van der Waals surface area contributed by atoms with Crippen LogP contribution in [0.1, 0.15) is 16.7 Å². The zero-order valence-corrected chi connectivity index (χ0v) is 14.7. The molecule has 122 valence electrons. The lowest BCUT2D eigenvalue weighted by Crippen LogP contribution is -2.19. The summed E-state index contributed by atoms with van der Waals surface area (Å²) < 4.78 is 0. The van der Waals surface area contributed by atoms with Crippen molar-refractivity contribution in [1.29, 1.82) is 0 Å². The van der Waals surface area contributed by atoms with Crippen molar-refractivity contribution < 1.29 is 9.90 Å². The van der Waals surface area contributed by atoms with E-state index >= 15 is 0 Å². The first-order valence-corrected chi connectivity index (χ1v) is 8.47. The molecule has 1 saturated heterocycles. The van der Waals surface area contributed by atoms with Crippen LogP contribution in [0.25, 0.3) is 6.08 Å². The smallest absolute Gasteiger partial charge is 0.264 e. The van der Waals surface area contributed by atoms with Gasteiger partial charge in [0.25, 0.3) is 5.91 Å². The van der Waals surface area contributed by atoms with E-state index in [2.05, 4.69) is 10.3 Å². The first-order chi connectivity index (χ1) is 11.4. The number of hydrogen-bond donors (Lipinski definition) is 2. The molecule has 4 nitrogen and oxygen atoms in total. The Morgan fingerprint density at radius 3 is 2.79 bits per heavy atom. The Labute approximate surface area is 149 Å². The van der Waals surface area contributed by atoms with E-state index in [9.17, 15) is 9.90 Å². The summed E-state index contributed by atoms with van der Waals surface area (Å²) in [7, 11) is 0. The summed E-state index contributed by atoms with van der Waals surface area (Å²) in [5.41, 5.74) is 3.46. The number of aromatic hydroxyl groups is 1. The third-order valence-electron chi connectivity index (χ3n) is 3.51. The third-order valence-corrected chi connectivity index (χ3v) is 4.66. The number of carbonyl (C=O) groups excluding carboxylic acids is 1. The molecule has 0 unspecified atom stereocenters. The lowest BCUT2D eigenvalue weighted by molar-refractivity contribution is -0.115. The lowest BCUT2D eigenvalue weighted by Gasteiger charge is -2.02. The number of halogens is 1. The van der Waals surface area contributed by atoms with E-state index in [4.69, 9.17) is 11.6 Å². The normalized spacial score (nSPS) is 17.5. The first-order valence-electron chi connectivity index (χ1n) is 7.28. The molecule has 0 spiro atoms. The summed E-state index contributed by atoms with van der Waals surface area (Å²) in [6, 6.07) is 10.7. The topological polar surface area (TPSA) is 61.7 Å². The van der Waals surface area contributed by atoms with Crippen LogP contribution in [0.5, 0.6) is 5.75 Å². The zero-order valence-electron chi connectivity index (χ0n) is 13.1. The number of phenolic OH excluding ortho intramolecular Hbond substituents is 1. The SMILES string of the molecule is Cc1ccc(C)c(N=C2NC(=O)/C(=C/c3cc(Cl)ccc3O)S2)c1. The molecule has 24 heavy (non-hydrogen) atoms. The highest BCUT2D eigenvalue weighted by Crippen LogP contribution is 2.32. The lowest BCUT2D eigenvalue weighted by atomic mass is 10.1. The average molecular weight is 359 g/mol. The van der Waals surface area contributed by atoms with Gasteiger partial charge >= 0.3 is 0 Å². The van der Waals surface area contributed by atoms with E-state index < -0.39 is 0 Å². The molecule has 0 radical (unpaired) electrons. The van der Waals surface area contributed by atoms with Gasteiger partial charge in [-0.05, 0) is 67.1 Å². The maximum atomic E-state index is 12.1. The number of benzene rings is 2. The van der Waals surface area contributed by atoms with E-state index in [1.807, 2.05) is 32.0 Å². The Morgan fingerprint density at radius 2 is 2.00 bits per heavy atom. The summed E-state index contributed by atoms with van der Waals surface area (Å²) in [5.74, 6) is -0.177. The summed E-state index contributed by atoms with van der Waals surface area (Å²) in [6.45, 7) is 3.97. The van der Waals surface area contributed by atoms with Crippen molar-refractivity contribution in [2.45, 2.75) is 13.8 Å². The maximum Gasteiger partial charge on any atom is 0.264 e. The second-order valence-electron chi connectivity index (χ2n) is 5.47. The Bertz CT molecular complexity index is 891. The van der Waals surface area contributed by atoms with Gasteiger partial charge in [-0.2, -0.15) is 0 Å². The Hall–Kier alpha value is -2.24. The van der Waals surface area contributed by atoms with Crippen molar-refractivity contribution in [3.8, 4) is 5.75 Å². The number of thioether (sulfide) groups is 1. The van der Waals surface area contributed by atoms with Crippen LogP contribution < -0.4 is 5.32 Å². The second-order valence-corrected chi connectivity index (χ2v) is 6.94. The van der Waals surface area contributed by atoms with E-state index in [0.717, 1.165) is 16.8 Å². The molecular weight excluding hydrogens is 344 g/mol. The number of amides is 1. The van der Waals surface area contributed by atoms with Gasteiger partial charge in [0.05, 0.1) is 10.6 Å². The summed E-state index contributed by atoms with van der Waals surface area (Å²) in [4.78, 5) is 17.1. The molecule has 0 aromatic heterocycles. The maximum absolute atomic E-state index is 12.1. The van der Waals surface area contributed by atoms with Crippen LogP contribution in [0.15, 0.2) is 46.3 Å². The molecule has 6 heteroatoms. The van der Waals surface area contributed by atoms with Gasteiger partial charge in [0, 0.05) is 10.6 Å². The quantitative estimate of drug-likeness (QED) is 0.774. The molecule has 0 aliphatic carbocycles. The number of aryl methyl sites for hydroxylation is 2. The third kappa shape index (κ3) is 3.63. The van der Waals surface area contributed by atoms with Gasteiger partial charge in [0.2, 0.25) is 0 Å². The molecule has 2 N–H and O–H groups in total. The van der Waals surface area contributed by atoms with Crippen molar-refractivity contribution in [3.05, 3.63) is 63.0 Å². The van der Waals surface area contributed by atoms with Crippen molar-refractivity contribution in [1.82, 2.24) is 5.32 Å². The Kier molecular flexibility index (Phi) is 4.64. The largest absolute Gasteiger partial charge is 0.507 e. The molecule has 1 fully saturated rings. The Balaban J connectivity index is 1.91. The molecule has 1 heterocycles. The first kappa shape index (κ1) is 16.6. The minimum atomic E-state index is -0.247. The van der Waals surface area contributed by atoms with Gasteiger partial charge in [0.15, 0.2) is 5.17 Å². The summed E-state index contributed by atoms with van der Waals surface area (Å²) in [6.07, 6.45) is 1.60. The van der Waals surface area contributed by atoms with Crippen LogP contribution >= 0.6 is 23.4 Å². The van der Waals surface area contributed by atoms with Gasteiger partial charge in [-0.1, -0.05) is 23.7 Å². The number of nitrogens with one attached hydrogen (secondary N) is 1.